The van der Waals surface area contributed by atoms with Gasteiger partial charge < -0.3 is 0 Å². The van der Waals surface area contributed by atoms with Gasteiger partial charge in [0.1, 0.15) is 6.07 Å². The molecule has 0 amide bonds. The zero-order chi connectivity index (χ0) is 30.0. The Hall–Kier alpha value is -1.78. The molecule has 1 N–H and O–H groups in total. The maximum absolute atomic E-state index is 14.6. The molecule has 0 saturated heterocycles. The number of sulfonamides is 1. The zero-order valence-corrected chi connectivity index (χ0v) is 26.8. The SMILES string of the molecule is C[C@@H]1[C@H]2[C@H]3C(=O)C=C4[C@@]5(C)C=C(C#N)C(=O)C(C)(C)[C@@H]5CC[C@@]4(C)[C@]3(C)CC[C@@]2(CNS(=O)(=O)C2CC2)CC[C@H]1C. The van der Waals surface area contributed by atoms with E-state index in [0.717, 1.165) is 56.9 Å². The number of rotatable bonds is 4. The van der Waals surface area contributed by atoms with Gasteiger partial charge in [0.25, 0.3) is 0 Å². The van der Waals surface area contributed by atoms with Gasteiger partial charge in [-0.2, -0.15) is 5.26 Å². The lowest BCUT2D eigenvalue weighted by Gasteiger charge is -2.69. The van der Waals surface area contributed by atoms with Gasteiger partial charge in [-0.05, 0) is 97.4 Å². The molecule has 0 radical (unpaired) electrons. The summed E-state index contributed by atoms with van der Waals surface area (Å²) in [5.74, 6) is 0.827. The molecule has 6 aliphatic carbocycles. The van der Waals surface area contributed by atoms with E-state index in [-0.39, 0.29) is 56.4 Å². The molecule has 0 unspecified atom stereocenters. The van der Waals surface area contributed by atoms with Crippen molar-refractivity contribution in [2.24, 2.45) is 56.7 Å². The lowest BCUT2D eigenvalue weighted by Crippen LogP contribution is -2.66. The Balaban J connectivity index is 1.47. The first-order valence-corrected chi connectivity index (χ1v) is 17.5. The number of Topliss-reactive ketones (excluding diaryl/α,β-unsaturated/α-hetero) is 1. The van der Waals surface area contributed by atoms with E-state index in [1.807, 2.05) is 26.0 Å². The maximum atomic E-state index is 14.6. The van der Waals surface area contributed by atoms with Gasteiger partial charge in [0.15, 0.2) is 11.6 Å². The Labute approximate surface area is 246 Å². The van der Waals surface area contributed by atoms with Crippen LogP contribution in [0.15, 0.2) is 23.3 Å². The molecule has 6 rings (SSSR count). The minimum Gasteiger partial charge on any atom is -0.295 e. The molecular formula is C34H48N2O4S. The summed E-state index contributed by atoms with van der Waals surface area (Å²) in [6.07, 6.45) is 10.9. The Kier molecular flexibility index (Phi) is 6.35. The van der Waals surface area contributed by atoms with Gasteiger partial charge in [-0.1, -0.05) is 60.1 Å². The molecule has 9 atom stereocenters. The Morgan fingerprint density at radius 2 is 1.66 bits per heavy atom. The Bertz CT molecular complexity index is 1420. The molecule has 4 fully saturated rings. The van der Waals surface area contributed by atoms with Gasteiger partial charge in [-0.15, -0.1) is 0 Å². The molecule has 0 heterocycles. The third-order valence-corrected chi connectivity index (χ3v) is 15.9. The number of carbonyl (C=O) groups excluding carboxylic acids is 2. The molecule has 7 heteroatoms. The van der Waals surface area contributed by atoms with Crippen molar-refractivity contribution < 1.29 is 18.0 Å². The van der Waals surface area contributed by atoms with Gasteiger partial charge in [0, 0.05) is 23.3 Å². The average molecular weight is 581 g/mol. The first kappa shape index (κ1) is 29.3. The number of hydrogen-bond donors (Lipinski definition) is 1. The summed E-state index contributed by atoms with van der Waals surface area (Å²) < 4.78 is 29.0. The van der Waals surface area contributed by atoms with Crippen LogP contribution in [0.1, 0.15) is 99.8 Å². The molecule has 6 aliphatic rings. The van der Waals surface area contributed by atoms with Crippen LogP contribution in [0.2, 0.25) is 0 Å². The summed E-state index contributed by atoms with van der Waals surface area (Å²) in [5, 5.41) is 9.68. The van der Waals surface area contributed by atoms with E-state index in [0.29, 0.717) is 18.4 Å². The average Bonchev–Trinajstić information content (AvgIpc) is 3.76. The maximum Gasteiger partial charge on any atom is 0.214 e. The topological polar surface area (TPSA) is 104 Å². The van der Waals surface area contributed by atoms with Gasteiger partial charge in [-0.3, -0.25) is 9.59 Å². The van der Waals surface area contributed by atoms with Gasteiger partial charge >= 0.3 is 0 Å². The molecule has 0 spiro atoms. The van der Waals surface area contributed by atoms with E-state index in [1.165, 1.54) is 0 Å². The standard InChI is InChI=1S/C34H48N2O4S/c1-20-10-13-34(19-36-41(39,40)23-8-9-23)15-14-33(7)28(27(34)21(20)2)24(37)16-26-31(5)17-22(18-35)29(38)30(3,4)25(31)11-12-32(26,33)6/h16-17,20-21,23,25,27-28,36H,8-15,19H2,1-7H3/t20-,21+,25+,27+,28-,31+,32-,33-,34-/m1/s1. The Morgan fingerprint density at radius 1 is 0.976 bits per heavy atom. The van der Waals surface area contributed by atoms with Crippen molar-refractivity contribution >= 4 is 21.6 Å². The van der Waals surface area contributed by atoms with E-state index in [2.05, 4.69) is 45.4 Å². The quantitative estimate of drug-likeness (QED) is 0.430. The van der Waals surface area contributed by atoms with Crippen molar-refractivity contribution in [3.63, 3.8) is 0 Å². The van der Waals surface area contributed by atoms with Crippen LogP contribution >= 0.6 is 0 Å². The van der Waals surface area contributed by atoms with Gasteiger partial charge in [0.05, 0.1) is 10.8 Å². The van der Waals surface area contributed by atoms with Crippen molar-refractivity contribution in [1.29, 1.82) is 5.26 Å². The highest BCUT2D eigenvalue weighted by Crippen LogP contribution is 2.74. The highest BCUT2D eigenvalue weighted by molar-refractivity contribution is 7.90. The molecule has 41 heavy (non-hydrogen) atoms. The highest BCUT2D eigenvalue weighted by Gasteiger charge is 2.70. The minimum atomic E-state index is -3.31. The number of nitrogens with one attached hydrogen (secondary N) is 1. The van der Waals surface area contributed by atoms with E-state index >= 15 is 0 Å². The summed E-state index contributed by atoms with van der Waals surface area (Å²) in [5.41, 5.74) is -0.655. The van der Waals surface area contributed by atoms with Crippen LogP contribution in [-0.4, -0.2) is 31.8 Å². The lowest BCUT2D eigenvalue weighted by atomic mass is 9.34. The molecule has 224 valence electrons. The van der Waals surface area contributed by atoms with Crippen LogP contribution < -0.4 is 4.72 Å². The summed E-state index contributed by atoms with van der Waals surface area (Å²) in [7, 11) is -3.31. The van der Waals surface area contributed by atoms with Crippen LogP contribution in [0.3, 0.4) is 0 Å². The van der Waals surface area contributed by atoms with Crippen LogP contribution in [0.5, 0.6) is 0 Å². The smallest absolute Gasteiger partial charge is 0.214 e. The largest absolute Gasteiger partial charge is 0.295 e. The van der Waals surface area contributed by atoms with E-state index in [4.69, 9.17) is 0 Å². The highest BCUT2D eigenvalue weighted by atomic mass is 32.2. The Morgan fingerprint density at radius 3 is 2.29 bits per heavy atom. The molecule has 6 nitrogen and oxygen atoms in total. The molecule has 0 aromatic heterocycles. The summed E-state index contributed by atoms with van der Waals surface area (Å²) in [6, 6.07) is 2.19. The number of fused-ring (bicyclic) bond motifs is 7. The third kappa shape index (κ3) is 3.78. The lowest BCUT2D eigenvalue weighted by molar-refractivity contribution is -0.175. The van der Waals surface area contributed by atoms with Crippen molar-refractivity contribution in [2.45, 2.75) is 105 Å². The van der Waals surface area contributed by atoms with Gasteiger partial charge in [0.2, 0.25) is 10.0 Å². The molecule has 0 aromatic carbocycles. The minimum absolute atomic E-state index is 0.0278. The number of nitriles is 1. The van der Waals surface area contributed by atoms with Crippen molar-refractivity contribution in [3.8, 4) is 6.07 Å². The van der Waals surface area contributed by atoms with Crippen LogP contribution in [0.4, 0.5) is 0 Å². The van der Waals surface area contributed by atoms with Crippen LogP contribution in [-0.2, 0) is 19.6 Å². The summed E-state index contributed by atoms with van der Waals surface area (Å²) in [6.45, 7) is 15.8. The van der Waals surface area contributed by atoms with Crippen molar-refractivity contribution in [1.82, 2.24) is 4.72 Å². The van der Waals surface area contributed by atoms with E-state index in [1.54, 1.807) is 0 Å². The molecular weight excluding hydrogens is 532 g/mol. The number of nitrogens with zero attached hydrogens (tertiary/aromatic N) is 1. The van der Waals surface area contributed by atoms with Crippen molar-refractivity contribution in [3.05, 3.63) is 23.3 Å². The fourth-order valence-electron chi connectivity index (χ4n) is 11.0. The fraction of sp³-hybridized carbons (Fsp3) is 0.794. The summed E-state index contributed by atoms with van der Waals surface area (Å²) >= 11 is 0. The first-order valence-electron chi connectivity index (χ1n) is 15.9. The van der Waals surface area contributed by atoms with Crippen LogP contribution in [0, 0.1) is 68.0 Å². The molecule has 0 aliphatic heterocycles. The normalized spacial score (nSPS) is 47.1. The van der Waals surface area contributed by atoms with Gasteiger partial charge in [-0.25, -0.2) is 13.1 Å². The second-order valence-electron chi connectivity index (χ2n) is 16.1. The monoisotopic (exact) mass is 580 g/mol. The number of ketones is 2. The number of hydrogen-bond acceptors (Lipinski definition) is 5. The number of allylic oxidation sites excluding steroid dienone is 4. The predicted octanol–water partition coefficient (Wildman–Crippen LogP) is 6.14. The van der Waals surface area contributed by atoms with E-state index in [9.17, 15) is 23.3 Å². The second-order valence-corrected chi connectivity index (χ2v) is 18.2. The molecule has 4 saturated carbocycles. The second kappa shape index (κ2) is 8.88. The zero-order valence-electron chi connectivity index (χ0n) is 26.0. The van der Waals surface area contributed by atoms with Crippen LogP contribution in [0.25, 0.3) is 0 Å². The van der Waals surface area contributed by atoms with E-state index < -0.39 is 20.9 Å². The molecule has 0 aromatic rings. The predicted molar refractivity (Wildman–Crippen MR) is 159 cm³/mol. The number of carbonyl (C=O) groups is 2. The van der Waals surface area contributed by atoms with Crippen molar-refractivity contribution in [2.75, 3.05) is 6.54 Å². The fourth-order valence-corrected chi connectivity index (χ4v) is 12.5. The third-order valence-electron chi connectivity index (χ3n) is 14.0. The first-order chi connectivity index (χ1) is 19.0. The molecule has 0 bridgehead atoms. The summed E-state index contributed by atoms with van der Waals surface area (Å²) in [4.78, 5) is 27.9.